The molecule has 0 saturated carbocycles. The number of aryl methyl sites for hydroxylation is 2. The Kier molecular flexibility index (Phi) is 3.27. The van der Waals surface area contributed by atoms with Crippen molar-refractivity contribution in [1.29, 1.82) is 0 Å². The van der Waals surface area contributed by atoms with Gasteiger partial charge in [-0.05, 0) is 40.2 Å². The number of halogens is 1. The zero-order valence-corrected chi connectivity index (χ0v) is 11.1. The number of hydrogen-bond donors (Lipinski definition) is 1. The minimum Gasteiger partial charge on any atom is -0.311 e. The number of nitrogens with zero attached hydrogens (tertiary/aromatic N) is 2. The molecule has 90 valence electrons. The van der Waals surface area contributed by atoms with Crippen molar-refractivity contribution in [3.63, 3.8) is 0 Å². The molecule has 0 radical (unpaired) electrons. The minimum atomic E-state index is 0.197. The second-order valence-electron chi connectivity index (χ2n) is 4.93. The van der Waals surface area contributed by atoms with Gasteiger partial charge in [0.1, 0.15) is 0 Å². The Labute approximate surface area is 102 Å². The van der Waals surface area contributed by atoms with E-state index in [4.69, 9.17) is 11.6 Å². The highest BCUT2D eigenvalue weighted by molar-refractivity contribution is 6.31. The lowest BCUT2D eigenvalue weighted by molar-refractivity contribution is 0.398. The van der Waals surface area contributed by atoms with E-state index in [0.717, 1.165) is 30.2 Å². The lowest BCUT2D eigenvalue weighted by Gasteiger charge is -2.24. The lowest BCUT2D eigenvalue weighted by atomic mass is 9.94. The molecule has 1 unspecified atom stereocenters. The van der Waals surface area contributed by atoms with Crippen molar-refractivity contribution < 1.29 is 0 Å². The maximum Gasteiger partial charge on any atom is 0.0847 e. The summed E-state index contributed by atoms with van der Waals surface area (Å²) in [5.74, 6) is 0. The number of hydrogen-bond acceptors (Lipinski definition) is 2. The summed E-state index contributed by atoms with van der Waals surface area (Å²) >= 11 is 6.32. The van der Waals surface area contributed by atoms with Crippen LogP contribution in [0.1, 0.15) is 38.1 Å². The first-order chi connectivity index (χ1) is 7.56. The third-order valence-corrected chi connectivity index (χ3v) is 3.96. The first-order valence-corrected chi connectivity index (χ1v) is 6.40. The molecule has 16 heavy (non-hydrogen) atoms. The van der Waals surface area contributed by atoms with Gasteiger partial charge < -0.3 is 5.32 Å². The van der Waals surface area contributed by atoms with Gasteiger partial charge in [-0.2, -0.15) is 5.10 Å². The van der Waals surface area contributed by atoms with E-state index in [1.54, 1.807) is 0 Å². The van der Waals surface area contributed by atoms with Gasteiger partial charge in [-0.25, -0.2) is 0 Å². The van der Waals surface area contributed by atoms with E-state index in [1.165, 1.54) is 18.5 Å². The smallest absolute Gasteiger partial charge is 0.0847 e. The molecule has 1 aromatic rings. The third kappa shape index (κ3) is 2.11. The Bertz CT molecular complexity index is 378. The number of rotatable bonds is 3. The normalized spacial score (nSPS) is 25.2. The fourth-order valence-corrected chi connectivity index (χ4v) is 2.72. The Hall–Kier alpha value is -0.540. The average molecular weight is 242 g/mol. The molecule has 0 aromatic carbocycles. The zero-order chi connectivity index (χ0) is 11.8. The van der Waals surface area contributed by atoms with E-state index < -0.39 is 0 Å². The predicted molar refractivity (Wildman–Crippen MR) is 67.0 cm³/mol. The van der Waals surface area contributed by atoms with Crippen molar-refractivity contribution in [1.82, 2.24) is 15.1 Å². The predicted octanol–water partition coefficient (Wildman–Crippen LogP) is 2.55. The van der Waals surface area contributed by atoms with Crippen LogP contribution in [0.2, 0.25) is 5.02 Å². The SMILES string of the molecule is CCn1nc(C)c(Cl)c1CC1(C)CCCN1. The summed E-state index contributed by atoms with van der Waals surface area (Å²) in [5.41, 5.74) is 2.32. The van der Waals surface area contributed by atoms with E-state index in [-0.39, 0.29) is 5.54 Å². The molecule has 1 saturated heterocycles. The molecule has 2 heterocycles. The third-order valence-electron chi connectivity index (χ3n) is 3.47. The van der Waals surface area contributed by atoms with Gasteiger partial charge in [0.05, 0.1) is 16.4 Å². The van der Waals surface area contributed by atoms with Gasteiger partial charge in [0, 0.05) is 18.5 Å². The van der Waals surface area contributed by atoms with Crippen molar-refractivity contribution in [2.24, 2.45) is 0 Å². The fourth-order valence-electron chi connectivity index (χ4n) is 2.52. The number of aromatic nitrogens is 2. The summed E-state index contributed by atoms with van der Waals surface area (Å²) in [6, 6.07) is 0. The second kappa shape index (κ2) is 4.38. The van der Waals surface area contributed by atoms with Crippen LogP contribution in [0.25, 0.3) is 0 Å². The Balaban J connectivity index is 2.26. The molecular formula is C12H20ClN3. The molecule has 2 rings (SSSR count). The van der Waals surface area contributed by atoms with E-state index in [9.17, 15) is 0 Å². The molecule has 3 nitrogen and oxygen atoms in total. The van der Waals surface area contributed by atoms with Gasteiger partial charge in [0.2, 0.25) is 0 Å². The van der Waals surface area contributed by atoms with Crippen LogP contribution in [-0.2, 0) is 13.0 Å². The van der Waals surface area contributed by atoms with Crippen molar-refractivity contribution in [3.8, 4) is 0 Å². The van der Waals surface area contributed by atoms with Crippen molar-refractivity contribution >= 4 is 11.6 Å². The molecule has 0 spiro atoms. The summed E-state index contributed by atoms with van der Waals surface area (Å²) in [5, 5.41) is 8.87. The van der Waals surface area contributed by atoms with Crippen LogP contribution in [0.4, 0.5) is 0 Å². The van der Waals surface area contributed by atoms with Gasteiger partial charge in [0.25, 0.3) is 0 Å². The second-order valence-corrected chi connectivity index (χ2v) is 5.31. The maximum absolute atomic E-state index is 6.32. The van der Waals surface area contributed by atoms with Crippen molar-refractivity contribution in [3.05, 3.63) is 16.4 Å². The highest BCUT2D eigenvalue weighted by Gasteiger charge is 2.30. The average Bonchev–Trinajstić information content (AvgIpc) is 2.78. The van der Waals surface area contributed by atoms with Gasteiger partial charge >= 0.3 is 0 Å². The van der Waals surface area contributed by atoms with Gasteiger partial charge in [-0.15, -0.1) is 0 Å². The highest BCUT2D eigenvalue weighted by Crippen LogP contribution is 2.28. The summed E-state index contributed by atoms with van der Waals surface area (Å²) in [7, 11) is 0. The number of nitrogens with one attached hydrogen (secondary N) is 1. The molecule has 1 N–H and O–H groups in total. The van der Waals surface area contributed by atoms with Crippen LogP contribution in [0.5, 0.6) is 0 Å². The Morgan fingerprint density at radius 2 is 2.31 bits per heavy atom. The molecule has 1 atom stereocenters. The molecule has 4 heteroatoms. The molecule has 0 aliphatic carbocycles. The summed E-state index contributed by atoms with van der Waals surface area (Å²) in [4.78, 5) is 0. The quantitative estimate of drug-likeness (QED) is 0.882. The molecule has 0 bridgehead atoms. The maximum atomic E-state index is 6.32. The molecule has 1 aliphatic rings. The summed E-state index contributed by atoms with van der Waals surface area (Å²) < 4.78 is 2.03. The molecule has 1 fully saturated rings. The molecular weight excluding hydrogens is 222 g/mol. The minimum absolute atomic E-state index is 0.197. The van der Waals surface area contributed by atoms with Gasteiger partial charge in [-0.3, -0.25) is 4.68 Å². The summed E-state index contributed by atoms with van der Waals surface area (Å²) in [6.07, 6.45) is 3.45. The zero-order valence-electron chi connectivity index (χ0n) is 10.3. The van der Waals surface area contributed by atoms with E-state index in [1.807, 2.05) is 11.6 Å². The van der Waals surface area contributed by atoms with Crippen LogP contribution in [0, 0.1) is 6.92 Å². The summed E-state index contributed by atoms with van der Waals surface area (Å²) in [6.45, 7) is 8.37. The first-order valence-electron chi connectivity index (χ1n) is 6.02. The van der Waals surface area contributed by atoms with Crippen molar-refractivity contribution in [2.45, 2.75) is 52.1 Å². The van der Waals surface area contributed by atoms with E-state index in [2.05, 4.69) is 24.3 Å². The standard InChI is InChI=1S/C12H20ClN3/c1-4-16-10(11(13)9(2)15-16)8-12(3)6-5-7-14-12/h14H,4-8H2,1-3H3. The van der Waals surface area contributed by atoms with Gasteiger partial charge in [-0.1, -0.05) is 11.6 Å². The van der Waals surface area contributed by atoms with E-state index in [0.29, 0.717) is 0 Å². The van der Waals surface area contributed by atoms with Crippen LogP contribution in [-0.4, -0.2) is 21.9 Å². The first kappa shape index (κ1) is 11.9. The van der Waals surface area contributed by atoms with E-state index >= 15 is 0 Å². The fraction of sp³-hybridized carbons (Fsp3) is 0.750. The van der Waals surface area contributed by atoms with Crippen LogP contribution in [0.3, 0.4) is 0 Å². The van der Waals surface area contributed by atoms with Crippen LogP contribution >= 0.6 is 11.6 Å². The molecule has 0 amide bonds. The van der Waals surface area contributed by atoms with Crippen LogP contribution in [0.15, 0.2) is 0 Å². The van der Waals surface area contributed by atoms with Crippen LogP contribution < -0.4 is 5.32 Å². The highest BCUT2D eigenvalue weighted by atomic mass is 35.5. The topological polar surface area (TPSA) is 29.9 Å². The monoisotopic (exact) mass is 241 g/mol. The van der Waals surface area contributed by atoms with Gasteiger partial charge in [0.15, 0.2) is 0 Å². The van der Waals surface area contributed by atoms with Crippen molar-refractivity contribution in [2.75, 3.05) is 6.54 Å². The molecule has 1 aliphatic heterocycles. The lowest BCUT2D eigenvalue weighted by Crippen LogP contribution is -2.39. The Morgan fingerprint density at radius 3 is 2.88 bits per heavy atom. The molecule has 1 aromatic heterocycles. The largest absolute Gasteiger partial charge is 0.311 e. The Morgan fingerprint density at radius 1 is 1.56 bits per heavy atom.